The van der Waals surface area contributed by atoms with E-state index < -0.39 is 23.3 Å². The minimum atomic E-state index is -0.939. The maximum Gasteiger partial charge on any atom is 0.319 e. The van der Waals surface area contributed by atoms with Gasteiger partial charge in [0.1, 0.15) is 47.5 Å². The van der Waals surface area contributed by atoms with Gasteiger partial charge in [-0.3, -0.25) is 9.88 Å². The van der Waals surface area contributed by atoms with Crippen molar-refractivity contribution in [1.82, 2.24) is 29.8 Å². The van der Waals surface area contributed by atoms with Crippen molar-refractivity contribution in [2.24, 2.45) is 0 Å². The van der Waals surface area contributed by atoms with Crippen molar-refractivity contribution in [3.8, 4) is 23.1 Å². The van der Waals surface area contributed by atoms with Gasteiger partial charge in [-0.25, -0.2) is 23.1 Å². The van der Waals surface area contributed by atoms with Crippen LogP contribution in [0.4, 0.5) is 30.5 Å². The summed E-state index contributed by atoms with van der Waals surface area (Å²) in [6.07, 6.45) is 5.14. The number of fused-ring (bicyclic) bond motifs is 1. The normalized spacial score (nSPS) is 21.1. The van der Waals surface area contributed by atoms with Gasteiger partial charge >= 0.3 is 6.01 Å². The van der Waals surface area contributed by atoms with E-state index in [-0.39, 0.29) is 53.3 Å². The van der Waals surface area contributed by atoms with E-state index in [1.807, 2.05) is 25.4 Å². The number of ether oxygens (including phenoxy) is 2. The number of nitrogens with zero attached hydrogens (tertiary/aromatic N) is 9. The van der Waals surface area contributed by atoms with Gasteiger partial charge in [0.25, 0.3) is 0 Å². The lowest BCUT2D eigenvalue weighted by Crippen LogP contribution is -2.43. The molecule has 7 rings (SSSR count). The maximum atomic E-state index is 17.1. The zero-order valence-electron chi connectivity index (χ0n) is 29.4. The zero-order chi connectivity index (χ0) is 36.0. The summed E-state index contributed by atoms with van der Waals surface area (Å²) in [6, 6.07) is 2.88. The predicted octanol–water partition coefficient (Wildman–Crippen LogP) is 6.51. The Hall–Kier alpha value is -3.17. The fourth-order valence-corrected chi connectivity index (χ4v) is 9.28. The SMILES string of the molecule is CPN(C)c1cc(C)cc(-c2nc3c4c(nc(OC[C@@]56CCCN5C[C@H](F)C6)nc4c2F)N([C@H](C)c2nccnc2N(CP)PC)CCO3)c1F. The molecule has 6 atom stereocenters. The highest BCUT2D eigenvalue weighted by atomic mass is 31.1. The van der Waals surface area contributed by atoms with Gasteiger partial charge in [0.15, 0.2) is 17.5 Å². The topological polar surface area (TPSA) is 95.9 Å². The lowest BCUT2D eigenvalue weighted by Gasteiger charge is -2.32. The van der Waals surface area contributed by atoms with E-state index in [1.54, 1.807) is 36.2 Å². The molecule has 1 aromatic carbocycles. The van der Waals surface area contributed by atoms with Crippen LogP contribution in [0.1, 0.15) is 43.5 Å². The average molecular weight is 760 g/mol. The van der Waals surface area contributed by atoms with Crippen LogP contribution < -0.4 is 23.7 Å². The van der Waals surface area contributed by atoms with E-state index >= 15 is 8.78 Å². The molecule has 0 saturated carbocycles. The highest BCUT2D eigenvalue weighted by Gasteiger charge is 2.49. The third-order valence-corrected chi connectivity index (χ3v) is 12.8. The van der Waals surface area contributed by atoms with E-state index in [9.17, 15) is 4.39 Å². The molecule has 3 aromatic heterocycles. The lowest BCUT2D eigenvalue weighted by molar-refractivity contribution is 0.107. The smallest absolute Gasteiger partial charge is 0.319 e. The fourth-order valence-electron chi connectivity index (χ4n) is 7.59. The Bertz CT molecular complexity index is 1940. The Morgan fingerprint density at radius 2 is 1.92 bits per heavy atom. The third kappa shape index (κ3) is 6.55. The molecule has 2 saturated heterocycles. The van der Waals surface area contributed by atoms with Gasteiger partial charge in [0, 0.05) is 44.3 Å². The number of pyridine rings is 1. The Morgan fingerprint density at radius 3 is 2.69 bits per heavy atom. The van der Waals surface area contributed by atoms with Gasteiger partial charge in [-0.05, 0) is 81.7 Å². The summed E-state index contributed by atoms with van der Waals surface area (Å²) in [5, 5.41) is 0.254. The molecule has 0 amide bonds. The van der Waals surface area contributed by atoms with Crippen LogP contribution in [0.5, 0.6) is 11.9 Å². The molecule has 0 aliphatic carbocycles. The van der Waals surface area contributed by atoms with Gasteiger partial charge in [0.2, 0.25) is 5.88 Å². The molecule has 11 nitrogen and oxygen atoms in total. The molecule has 0 radical (unpaired) electrons. The predicted molar refractivity (Wildman–Crippen MR) is 203 cm³/mol. The molecule has 0 N–H and O–H groups in total. The first-order valence-corrected chi connectivity index (χ1v) is 20.8. The van der Waals surface area contributed by atoms with E-state index in [0.717, 1.165) is 30.8 Å². The fraction of sp³-hybridized carbons (Fsp3) is 0.500. The number of hydrogen-bond acceptors (Lipinski definition) is 11. The standard InChI is InChI=1S/C34H43F3N9O2P3/c1-19-13-22(25(36)23(14-19)43(3)50-4)28-26(37)29-24-30(42-33(41-29)48-17-34-7-6-10-44(34)16-21(35)15-34)45(11-12-47-32(24)40-28)20(2)27-31(39-9-8-38-27)46(18-49)51-5/h8-9,13-14,20-21,50-51H,6-7,10-12,15-18,49H2,1-5H3/t20-,21-,34+/m1/s1. The van der Waals surface area contributed by atoms with Gasteiger partial charge in [-0.2, -0.15) is 9.97 Å². The van der Waals surface area contributed by atoms with Crippen LogP contribution in [0.25, 0.3) is 22.2 Å². The van der Waals surface area contributed by atoms with Gasteiger partial charge in [-0.15, -0.1) is 9.24 Å². The number of anilines is 3. The molecule has 51 heavy (non-hydrogen) atoms. The molecule has 17 heteroatoms. The Kier molecular flexibility index (Phi) is 10.4. The minimum absolute atomic E-state index is 0.00834. The number of aryl methyl sites for hydroxylation is 1. The van der Waals surface area contributed by atoms with E-state index in [4.69, 9.17) is 19.4 Å². The second-order valence-corrected chi connectivity index (χ2v) is 15.7. The van der Waals surface area contributed by atoms with Crippen molar-refractivity contribution >= 4 is 54.9 Å². The summed E-state index contributed by atoms with van der Waals surface area (Å²) in [5.74, 6) is -0.210. The Labute approximate surface area is 302 Å². The first-order chi connectivity index (χ1) is 24.6. The minimum Gasteiger partial charge on any atom is -0.475 e. The van der Waals surface area contributed by atoms with Crippen molar-refractivity contribution < 1.29 is 22.6 Å². The molecule has 0 spiro atoms. The third-order valence-electron chi connectivity index (χ3n) is 10.2. The average Bonchev–Trinajstić information content (AvgIpc) is 3.59. The second kappa shape index (κ2) is 14.7. The molecule has 272 valence electrons. The van der Waals surface area contributed by atoms with Crippen molar-refractivity contribution in [1.29, 1.82) is 0 Å². The number of halogens is 3. The van der Waals surface area contributed by atoms with Gasteiger partial charge in [0.05, 0.1) is 23.8 Å². The molecule has 3 aliphatic rings. The van der Waals surface area contributed by atoms with E-state index in [1.165, 1.54) is 0 Å². The summed E-state index contributed by atoms with van der Waals surface area (Å²) in [6.45, 7) is 9.70. The molecule has 6 heterocycles. The highest BCUT2D eigenvalue weighted by Crippen LogP contribution is 2.45. The monoisotopic (exact) mass is 759 g/mol. The second-order valence-electron chi connectivity index (χ2n) is 13.2. The summed E-state index contributed by atoms with van der Waals surface area (Å²) in [4.78, 5) is 27.7. The number of rotatable bonds is 11. The van der Waals surface area contributed by atoms with Crippen LogP contribution in [-0.2, 0) is 0 Å². The summed E-state index contributed by atoms with van der Waals surface area (Å²) >= 11 is 0. The largest absolute Gasteiger partial charge is 0.475 e. The van der Waals surface area contributed by atoms with Crippen LogP contribution in [0.2, 0.25) is 0 Å². The maximum absolute atomic E-state index is 17.1. The molecule has 3 unspecified atom stereocenters. The first kappa shape index (κ1) is 36.2. The Morgan fingerprint density at radius 1 is 1.12 bits per heavy atom. The first-order valence-electron chi connectivity index (χ1n) is 17.1. The van der Waals surface area contributed by atoms with E-state index in [0.29, 0.717) is 60.5 Å². The zero-order valence-corrected chi connectivity index (χ0v) is 32.5. The Balaban J connectivity index is 1.40. The molecular weight excluding hydrogens is 716 g/mol. The van der Waals surface area contributed by atoms with Crippen LogP contribution in [0, 0.1) is 18.6 Å². The van der Waals surface area contributed by atoms with Crippen LogP contribution in [-0.4, -0.2) is 101 Å². The molecular formula is C34H43F3N9O2P3. The summed E-state index contributed by atoms with van der Waals surface area (Å²) in [5.41, 5.74) is 1.04. The van der Waals surface area contributed by atoms with Crippen molar-refractivity contribution in [3.63, 3.8) is 0 Å². The lowest BCUT2D eigenvalue weighted by atomic mass is 9.95. The number of aromatic nitrogens is 5. The number of alkyl halides is 1. The van der Waals surface area contributed by atoms with Gasteiger partial charge in [-0.1, -0.05) is 0 Å². The molecule has 3 aliphatic heterocycles. The highest BCUT2D eigenvalue weighted by molar-refractivity contribution is 7.40. The van der Waals surface area contributed by atoms with Crippen molar-refractivity contribution in [3.05, 3.63) is 47.4 Å². The number of benzene rings is 1. The molecule has 0 bridgehead atoms. The van der Waals surface area contributed by atoms with Crippen LogP contribution in [0.15, 0.2) is 24.5 Å². The summed E-state index contributed by atoms with van der Waals surface area (Å²) in [7, 11) is 5.27. The number of hydrogen-bond donors (Lipinski definition) is 0. The van der Waals surface area contributed by atoms with Crippen molar-refractivity contribution in [2.75, 3.05) is 73.8 Å². The van der Waals surface area contributed by atoms with Crippen molar-refractivity contribution in [2.45, 2.75) is 50.9 Å². The van der Waals surface area contributed by atoms with Crippen LogP contribution in [0.3, 0.4) is 0 Å². The molecule has 4 aromatic rings. The van der Waals surface area contributed by atoms with Crippen LogP contribution >= 0.6 is 26.7 Å². The summed E-state index contributed by atoms with van der Waals surface area (Å²) < 4.78 is 64.4. The van der Waals surface area contributed by atoms with Gasteiger partial charge < -0.3 is 23.7 Å². The molecule has 2 fully saturated rings. The van der Waals surface area contributed by atoms with E-state index in [2.05, 4.69) is 40.4 Å². The quantitative estimate of drug-likeness (QED) is 0.157.